The van der Waals surface area contributed by atoms with Crippen molar-refractivity contribution in [3.63, 3.8) is 0 Å². The number of ether oxygens (including phenoxy) is 1. The van der Waals surface area contributed by atoms with E-state index in [9.17, 15) is 14.2 Å². The van der Waals surface area contributed by atoms with E-state index in [1.54, 1.807) is 68.8 Å². The van der Waals surface area contributed by atoms with Crippen LogP contribution in [0.2, 0.25) is 5.02 Å². The fourth-order valence-corrected chi connectivity index (χ4v) is 5.54. The summed E-state index contributed by atoms with van der Waals surface area (Å²) in [4.78, 5) is 26.2. The van der Waals surface area contributed by atoms with E-state index in [1.807, 2.05) is 6.07 Å². The molecule has 35 heavy (non-hydrogen) atoms. The van der Waals surface area contributed by atoms with Gasteiger partial charge in [0.25, 0.3) is 5.91 Å². The third-order valence-corrected chi connectivity index (χ3v) is 7.86. The van der Waals surface area contributed by atoms with Gasteiger partial charge in [-0.15, -0.1) is 0 Å². The molecule has 3 rings (SSSR count). The highest BCUT2D eigenvalue weighted by Gasteiger charge is 2.25. The summed E-state index contributed by atoms with van der Waals surface area (Å²) in [6, 6.07) is 12.1. The third kappa shape index (κ3) is 6.33. The Labute approximate surface area is 210 Å². The largest absolute Gasteiger partial charge is 0.497 e. The zero-order chi connectivity index (χ0) is 25.6. The van der Waals surface area contributed by atoms with Gasteiger partial charge in [-0.2, -0.15) is 0 Å². The first-order chi connectivity index (χ1) is 16.7. The molecular weight excluding hydrogens is 491 g/mol. The standard InChI is InChI=1S/C25H30ClN2O6P/c1-5-33-35(31,34-6-2)14-13-27-24(29)16-21-17(3)28(23-12-11-20(32-4)15-22(21)23)25(30)18-7-9-19(26)10-8-18/h7-12,15H,5-6,13-14,16H2,1-4H3,(H,27,29). The molecule has 0 bridgehead atoms. The van der Waals surface area contributed by atoms with Crippen molar-refractivity contribution < 1.29 is 27.9 Å². The zero-order valence-electron chi connectivity index (χ0n) is 20.3. The van der Waals surface area contributed by atoms with E-state index in [0.29, 0.717) is 33.1 Å². The van der Waals surface area contributed by atoms with Gasteiger partial charge in [0.2, 0.25) is 5.91 Å². The Kier molecular flexibility index (Phi) is 9.14. The fourth-order valence-electron chi connectivity index (χ4n) is 3.91. The molecule has 8 nitrogen and oxygen atoms in total. The lowest BCUT2D eigenvalue weighted by molar-refractivity contribution is -0.120. The minimum atomic E-state index is -3.25. The second kappa shape index (κ2) is 11.9. The molecule has 188 valence electrons. The van der Waals surface area contributed by atoms with Crippen molar-refractivity contribution in [2.45, 2.75) is 27.2 Å². The molecule has 1 aromatic heterocycles. The summed E-state index contributed by atoms with van der Waals surface area (Å²) in [5.74, 6) is 0.119. The average Bonchev–Trinajstić information content (AvgIpc) is 3.09. The van der Waals surface area contributed by atoms with Crippen LogP contribution in [0.1, 0.15) is 35.5 Å². The Hall–Kier alpha value is -2.64. The number of hydrogen-bond acceptors (Lipinski definition) is 6. The number of fused-ring (bicyclic) bond motifs is 1. The van der Waals surface area contributed by atoms with E-state index < -0.39 is 7.60 Å². The molecule has 10 heteroatoms. The molecule has 0 aliphatic carbocycles. The number of aromatic nitrogens is 1. The Balaban J connectivity index is 1.88. The number of carbonyl (C=O) groups is 2. The van der Waals surface area contributed by atoms with Crippen molar-refractivity contribution in [3.05, 3.63) is 64.3 Å². The van der Waals surface area contributed by atoms with Crippen LogP contribution in [-0.2, 0) is 24.8 Å². The number of benzene rings is 2. The van der Waals surface area contributed by atoms with Gasteiger partial charge in [0.15, 0.2) is 0 Å². The molecule has 0 radical (unpaired) electrons. The summed E-state index contributed by atoms with van der Waals surface area (Å²) < 4.78 is 30.1. The van der Waals surface area contributed by atoms with Gasteiger partial charge in [-0.25, -0.2) is 0 Å². The Morgan fingerprint density at radius 1 is 1.06 bits per heavy atom. The number of hydrogen-bond donors (Lipinski definition) is 1. The highest BCUT2D eigenvalue weighted by molar-refractivity contribution is 7.53. The van der Waals surface area contributed by atoms with E-state index in [1.165, 1.54) is 0 Å². The quantitative estimate of drug-likeness (QED) is 0.348. The SMILES string of the molecule is CCOP(=O)(CCNC(=O)Cc1c(C)n(C(=O)c2ccc(Cl)cc2)c2ccc(OC)cc12)OCC. The van der Waals surface area contributed by atoms with E-state index in [-0.39, 0.29) is 44.2 Å². The zero-order valence-corrected chi connectivity index (χ0v) is 21.9. The molecule has 0 aliphatic heterocycles. The monoisotopic (exact) mass is 520 g/mol. The second-order valence-corrected chi connectivity index (χ2v) is 10.4. The molecule has 0 atom stereocenters. The lowest BCUT2D eigenvalue weighted by atomic mass is 10.1. The molecule has 0 aliphatic rings. The number of rotatable bonds is 11. The van der Waals surface area contributed by atoms with Gasteiger partial charge in [-0.05, 0) is 68.8 Å². The Morgan fingerprint density at radius 3 is 2.31 bits per heavy atom. The van der Waals surface area contributed by atoms with Crippen molar-refractivity contribution in [2.24, 2.45) is 0 Å². The topological polar surface area (TPSA) is 95.9 Å². The van der Waals surface area contributed by atoms with Gasteiger partial charge in [-0.1, -0.05) is 11.6 Å². The molecule has 0 saturated heterocycles. The van der Waals surface area contributed by atoms with Crippen LogP contribution in [0.3, 0.4) is 0 Å². The summed E-state index contributed by atoms with van der Waals surface area (Å²) >= 11 is 5.98. The minimum absolute atomic E-state index is 0.0317. The van der Waals surface area contributed by atoms with Crippen molar-refractivity contribution in [3.8, 4) is 5.75 Å². The second-order valence-electron chi connectivity index (χ2n) is 7.79. The van der Waals surface area contributed by atoms with E-state index in [0.717, 1.165) is 5.39 Å². The number of carbonyl (C=O) groups excluding carboxylic acids is 2. The number of nitrogens with zero attached hydrogens (tertiary/aromatic N) is 1. The first-order valence-corrected chi connectivity index (χ1v) is 13.5. The lowest BCUT2D eigenvalue weighted by Gasteiger charge is -2.17. The normalized spacial score (nSPS) is 11.6. The molecule has 1 heterocycles. The predicted molar refractivity (Wildman–Crippen MR) is 137 cm³/mol. The minimum Gasteiger partial charge on any atom is -0.497 e. The predicted octanol–water partition coefficient (Wildman–Crippen LogP) is 5.23. The number of nitrogens with one attached hydrogen (secondary N) is 1. The van der Waals surface area contributed by atoms with Crippen LogP contribution in [0.4, 0.5) is 0 Å². The van der Waals surface area contributed by atoms with E-state index in [4.69, 9.17) is 25.4 Å². The molecule has 0 saturated carbocycles. The van der Waals surface area contributed by atoms with Crippen molar-refractivity contribution >= 4 is 41.9 Å². The summed E-state index contributed by atoms with van der Waals surface area (Å²) in [7, 11) is -1.69. The van der Waals surface area contributed by atoms with Crippen LogP contribution in [0.15, 0.2) is 42.5 Å². The average molecular weight is 521 g/mol. The van der Waals surface area contributed by atoms with Crippen LogP contribution in [-0.4, -0.2) is 49.4 Å². The maximum Gasteiger partial charge on any atom is 0.332 e. The van der Waals surface area contributed by atoms with Crippen molar-refractivity contribution in [1.29, 1.82) is 0 Å². The van der Waals surface area contributed by atoms with Crippen LogP contribution < -0.4 is 10.1 Å². The van der Waals surface area contributed by atoms with Gasteiger partial charge in [0.1, 0.15) is 5.75 Å². The van der Waals surface area contributed by atoms with Gasteiger partial charge in [0, 0.05) is 28.2 Å². The van der Waals surface area contributed by atoms with Gasteiger partial charge in [-0.3, -0.25) is 18.7 Å². The van der Waals surface area contributed by atoms with Gasteiger partial charge < -0.3 is 19.1 Å². The smallest absolute Gasteiger partial charge is 0.332 e. The number of amides is 1. The maximum atomic E-state index is 13.4. The summed E-state index contributed by atoms with van der Waals surface area (Å²) in [5, 5.41) is 4.07. The van der Waals surface area contributed by atoms with E-state index in [2.05, 4.69) is 5.32 Å². The van der Waals surface area contributed by atoms with Crippen LogP contribution in [0.25, 0.3) is 10.9 Å². The highest BCUT2D eigenvalue weighted by atomic mass is 35.5. The third-order valence-electron chi connectivity index (χ3n) is 5.53. The molecular formula is C25H30ClN2O6P. The molecule has 1 amide bonds. The molecule has 1 N–H and O–H groups in total. The fraction of sp³-hybridized carbons (Fsp3) is 0.360. The number of halogens is 1. The van der Waals surface area contributed by atoms with Gasteiger partial charge >= 0.3 is 7.60 Å². The summed E-state index contributed by atoms with van der Waals surface area (Å²) in [6.45, 7) is 5.94. The van der Waals surface area contributed by atoms with Crippen LogP contribution in [0, 0.1) is 6.92 Å². The first-order valence-electron chi connectivity index (χ1n) is 11.4. The Bertz CT molecular complexity index is 1250. The van der Waals surface area contributed by atoms with E-state index >= 15 is 0 Å². The highest BCUT2D eigenvalue weighted by Crippen LogP contribution is 2.47. The molecule has 0 unspecified atom stereocenters. The summed E-state index contributed by atoms with van der Waals surface area (Å²) in [5.41, 5.74) is 2.50. The molecule has 2 aromatic carbocycles. The Morgan fingerprint density at radius 2 is 1.71 bits per heavy atom. The maximum absolute atomic E-state index is 13.4. The first kappa shape index (κ1) is 27.0. The number of methoxy groups -OCH3 is 1. The van der Waals surface area contributed by atoms with Crippen molar-refractivity contribution in [2.75, 3.05) is 33.0 Å². The lowest BCUT2D eigenvalue weighted by Crippen LogP contribution is -2.28. The van der Waals surface area contributed by atoms with Gasteiger partial charge in [0.05, 0.1) is 38.4 Å². The van der Waals surface area contributed by atoms with Crippen LogP contribution in [0.5, 0.6) is 5.75 Å². The summed E-state index contributed by atoms with van der Waals surface area (Å²) in [6.07, 6.45) is 0.105. The molecule has 3 aromatic rings. The molecule has 0 spiro atoms. The van der Waals surface area contributed by atoms with Crippen molar-refractivity contribution in [1.82, 2.24) is 9.88 Å². The van der Waals surface area contributed by atoms with Crippen LogP contribution >= 0.6 is 19.2 Å². The molecule has 0 fully saturated rings.